The third-order valence-electron chi connectivity index (χ3n) is 3.86. The van der Waals surface area contributed by atoms with Crippen molar-refractivity contribution in [1.29, 1.82) is 0 Å². The van der Waals surface area contributed by atoms with Gasteiger partial charge in [0.05, 0.1) is 6.54 Å². The molecule has 0 bridgehead atoms. The molecule has 0 saturated heterocycles. The van der Waals surface area contributed by atoms with Gasteiger partial charge in [-0.15, -0.1) is 13.2 Å². The van der Waals surface area contributed by atoms with Crippen molar-refractivity contribution in [3.05, 3.63) is 41.5 Å². The van der Waals surface area contributed by atoms with Crippen LogP contribution in [0, 0.1) is 0 Å². The maximum Gasteiger partial charge on any atom is 0.573 e. The summed E-state index contributed by atoms with van der Waals surface area (Å²) < 4.78 is 47.0. The molecule has 1 unspecified atom stereocenters. The topological polar surface area (TPSA) is 78.3 Å². The third-order valence-corrected chi connectivity index (χ3v) is 3.86. The van der Waals surface area contributed by atoms with E-state index >= 15 is 0 Å². The van der Waals surface area contributed by atoms with Crippen LogP contribution < -0.4 is 10.1 Å². The van der Waals surface area contributed by atoms with Crippen LogP contribution in [0.4, 0.5) is 13.2 Å². The van der Waals surface area contributed by atoms with Crippen LogP contribution in [0.2, 0.25) is 0 Å². The number of rotatable bonds is 5. The summed E-state index contributed by atoms with van der Waals surface area (Å²) in [6.07, 6.45) is -3.39. The van der Waals surface area contributed by atoms with Gasteiger partial charge < -0.3 is 14.8 Å². The van der Waals surface area contributed by atoms with E-state index < -0.39 is 6.36 Å². The molecule has 0 saturated carbocycles. The fourth-order valence-corrected chi connectivity index (χ4v) is 2.75. The van der Waals surface area contributed by atoms with E-state index in [1.807, 2.05) is 0 Å². The predicted molar refractivity (Wildman–Crippen MR) is 83.4 cm³/mol. The molecule has 0 spiro atoms. The van der Waals surface area contributed by atoms with Gasteiger partial charge in [0.25, 0.3) is 5.91 Å². The van der Waals surface area contributed by atoms with E-state index in [9.17, 15) is 18.0 Å². The lowest BCUT2D eigenvalue weighted by Crippen LogP contribution is -2.41. The Morgan fingerprint density at radius 1 is 1.35 bits per heavy atom. The van der Waals surface area contributed by atoms with Gasteiger partial charge in [-0.1, -0.05) is 0 Å². The Balaban J connectivity index is 1.59. The van der Waals surface area contributed by atoms with Crippen LogP contribution in [0.5, 0.6) is 5.75 Å². The van der Waals surface area contributed by atoms with Gasteiger partial charge in [-0.2, -0.15) is 5.10 Å². The van der Waals surface area contributed by atoms with Gasteiger partial charge in [0.2, 0.25) is 0 Å². The third kappa shape index (κ3) is 4.51. The molecule has 0 radical (unpaired) electrons. The van der Waals surface area contributed by atoms with Crippen molar-refractivity contribution < 1.29 is 27.4 Å². The molecule has 1 aromatic heterocycles. The van der Waals surface area contributed by atoms with E-state index in [0.717, 1.165) is 18.0 Å². The molecule has 10 heteroatoms. The number of nitrogens with zero attached hydrogens (tertiary/aromatic N) is 3. The van der Waals surface area contributed by atoms with Crippen molar-refractivity contribution in [3.8, 4) is 5.75 Å². The first kappa shape index (κ1) is 18.2. The predicted octanol–water partition coefficient (Wildman–Crippen LogP) is 2.07. The van der Waals surface area contributed by atoms with Gasteiger partial charge in [0, 0.05) is 25.1 Å². The van der Waals surface area contributed by atoms with Crippen LogP contribution in [-0.2, 0) is 24.3 Å². The number of alkyl halides is 3. The minimum Gasteiger partial charge on any atom is -0.406 e. The molecule has 0 aliphatic carbocycles. The van der Waals surface area contributed by atoms with Gasteiger partial charge >= 0.3 is 6.36 Å². The quantitative estimate of drug-likeness (QED) is 0.872. The van der Waals surface area contributed by atoms with Crippen LogP contribution in [0.15, 0.2) is 24.3 Å². The highest BCUT2D eigenvalue weighted by Gasteiger charge is 2.31. The zero-order chi connectivity index (χ0) is 18.7. The molecule has 1 atom stereocenters. The van der Waals surface area contributed by atoms with E-state index in [1.54, 1.807) is 11.8 Å². The van der Waals surface area contributed by atoms with Crippen molar-refractivity contribution in [3.63, 3.8) is 0 Å². The minimum atomic E-state index is -4.76. The second-order valence-electron chi connectivity index (χ2n) is 5.84. The standard InChI is InChI=1S/C16H17F3N4O3/c1-25-9-13-21-14-7-4-11(8-23(14)22-13)20-15(24)10-2-5-12(6-3-10)26-16(17,18)19/h2-3,5-6,11H,4,7-9H2,1H3,(H,20,24). The molecular weight excluding hydrogens is 353 g/mol. The Morgan fingerprint density at radius 3 is 2.73 bits per heavy atom. The van der Waals surface area contributed by atoms with Gasteiger partial charge in [-0.3, -0.25) is 4.79 Å². The Hall–Kier alpha value is -2.62. The Labute approximate surface area is 147 Å². The molecule has 3 rings (SSSR count). The number of ether oxygens (including phenoxy) is 2. The number of hydrogen-bond donors (Lipinski definition) is 1. The first-order valence-electron chi connectivity index (χ1n) is 7.92. The zero-order valence-corrected chi connectivity index (χ0v) is 13.9. The van der Waals surface area contributed by atoms with Crippen molar-refractivity contribution in [2.75, 3.05) is 7.11 Å². The van der Waals surface area contributed by atoms with Crippen LogP contribution >= 0.6 is 0 Å². The number of fused-ring (bicyclic) bond motifs is 1. The Morgan fingerprint density at radius 2 is 2.08 bits per heavy atom. The maximum absolute atomic E-state index is 12.3. The molecular formula is C16H17F3N4O3. The van der Waals surface area contributed by atoms with Gasteiger partial charge in [-0.25, -0.2) is 9.67 Å². The maximum atomic E-state index is 12.3. The van der Waals surface area contributed by atoms with Gasteiger partial charge in [0.15, 0.2) is 5.82 Å². The summed E-state index contributed by atoms with van der Waals surface area (Å²) in [5, 5.41) is 7.19. The van der Waals surface area contributed by atoms with Gasteiger partial charge in [0.1, 0.15) is 18.2 Å². The number of amides is 1. The van der Waals surface area contributed by atoms with Crippen LogP contribution in [0.3, 0.4) is 0 Å². The molecule has 1 N–H and O–H groups in total. The molecule has 140 valence electrons. The lowest BCUT2D eigenvalue weighted by atomic mass is 10.1. The van der Waals surface area contributed by atoms with Crippen LogP contribution in [-0.4, -0.2) is 40.2 Å². The highest BCUT2D eigenvalue weighted by molar-refractivity contribution is 5.94. The molecule has 2 heterocycles. The summed E-state index contributed by atoms with van der Waals surface area (Å²) >= 11 is 0. The summed E-state index contributed by atoms with van der Waals surface area (Å²) in [5.74, 6) is 0.699. The van der Waals surface area contributed by atoms with Crippen molar-refractivity contribution >= 4 is 5.91 Å². The number of benzene rings is 1. The number of aromatic nitrogens is 3. The van der Waals surface area contributed by atoms with Crippen LogP contribution in [0.25, 0.3) is 0 Å². The molecule has 1 aliphatic heterocycles. The zero-order valence-electron chi connectivity index (χ0n) is 13.9. The minimum absolute atomic E-state index is 0.141. The summed E-state index contributed by atoms with van der Waals surface area (Å²) in [5.41, 5.74) is 0.254. The summed E-state index contributed by atoms with van der Waals surface area (Å²) in [4.78, 5) is 16.6. The average molecular weight is 370 g/mol. The SMILES string of the molecule is COCc1nc2n(n1)CC(NC(=O)c1ccc(OC(F)(F)F)cc1)CC2. The van der Waals surface area contributed by atoms with Crippen molar-refractivity contribution in [1.82, 2.24) is 20.1 Å². The number of carbonyl (C=O) groups is 1. The van der Waals surface area contributed by atoms with Crippen LogP contribution in [0.1, 0.15) is 28.4 Å². The number of halogens is 3. The van der Waals surface area contributed by atoms with E-state index in [4.69, 9.17) is 4.74 Å². The molecule has 2 aromatic rings. The second-order valence-corrected chi connectivity index (χ2v) is 5.84. The lowest BCUT2D eigenvalue weighted by molar-refractivity contribution is -0.274. The Kier molecular flexibility index (Phi) is 5.12. The van der Waals surface area contributed by atoms with Crippen molar-refractivity contribution in [2.24, 2.45) is 0 Å². The largest absolute Gasteiger partial charge is 0.573 e. The van der Waals surface area contributed by atoms with Crippen molar-refractivity contribution in [2.45, 2.75) is 38.4 Å². The second kappa shape index (κ2) is 7.32. The van der Waals surface area contributed by atoms with E-state index in [1.165, 1.54) is 12.1 Å². The van der Waals surface area contributed by atoms with E-state index in [2.05, 4.69) is 20.1 Å². The molecule has 1 aromatic carbocycles. The monoisotopic (exact) mass is 370 g/mol. The summed E-state index contributed by atoms with van der Waals surface area (Å²) in [6, 6.07) is 4.65. The smallest absolute Gasteiger partial charge is 0.406 e. The fraction of sp³-hybridized carbons (Fsp3) is 0.438. The molecule has 1 aliphatic rings. The number of nitrogens with one attached hydrogen (secondary N) is 1. The molecule has 0 fully saturated rings. The highest BCUT2D eigenvalue weighted by atomic mass is 19.4. The molecule has 26 heavy (non-hydrogen) atoms. The number of hydrogen-bond acceptors (Lipinski definition) is 5. The van der Waals surface area contributed by atoms with E-state index in [-0.39, 0.29) is 23.3 Å². The number of methoxy groups -OCH3 is 1. The Bertz CT molecular complexity index is 774. The first-order chi connectivity index (χ1) is 12.3. The summed E-state index contributed by atoms with van der Waals surface area (Å²) in [6.45, 7) is 0.802. The normalized spacial score (nSPS) is 16.8. The van der Waals surface area contributed by atoms with Gasteiger partial charge in [-0.05, 0) is 30.7 Å². The average Bonchev–Trinajstić information content (AvgIpc) is 2.96. The fourth-order valence-electron chi connectivity index (χ4n) is 2.75. The number of carbonyl (C=O) groups excluding carboxylic acids is 1. The molecule has 7 nitrogen and oxygen atoms in total. The lowest BCUT2D eigenvalue weighted by Gasteiger charge is -2.23. The first-order valence-corrected chi connectivity index (χ1v) is 7.92. The highest BCUT2D eigenvalue weighted by Crippen LogP contribution is 2.23. The van der Waals surface area contributed by atoms with E-state index in [0.29, 0.717) is 31.8 Å². The molecule has 1 amide bonds. The summed E-state index contributed by atoms with van der Waals surface area (Å²) in [7, 11) is 1.56. The number of aryl methyl sites for hydroxylation is 1.